The van der Waals surface area contributed by atoms with Gasteiger partial charge in [0.2, 0.25) is 0 Å². The van der Waals surface area contributed by atoms with Gasteiger partial charge in [-0.25, -0.2) is 9.78 Å². The van der Waals surface area contributed by atoms with Crippen molar-refractivity contribution in [1.29, 1.82) is 0 Å². The van der Waals surface area contributed by atoms with Crippen LogP contribution in [-0.4, -0.2) is 45.5 Å². The van der Waals surface area contributed by atoms with Crippen LogP contribution in [-0.2, 0) is 4.74 Å². The number of nitrogens with zero attached hydrogens (tertiary/aromatic N) is 2. The summed E-state index contributed by atoms with van der Waals surface area (Å²) in [6.45, 7) is 6.04. The van der Waals surface area contributed by atoms with E-state index in [1.54, 1.807) is 12.1 Å². The first-order valence-electron chi connectivity index (χ1n) is 7.73. The molecular weight excluding hydrogens is 350 g/mol. The Morgan fingerprint density at radius 1 is 1.54 bits per heavy atom. The van der Waals surface area contributed by atoms with Crippen molar-refractivity contribution in [3.8, 4) is 0 Å². The number of hydrogen-bond acceptors (Lipinski definition) is 6. The Morgan fingerprint density at radius 2 is 2.29 bits per heavy atom. The van der Waals surface area contributed by atoms with Crippen LogP contribution in [0.5, 0.6) is 0 Å². The number of anilines is 1. The number of carbonyl (C=O) groups is 1. The van der Waals surface area contributed by atoms with E-state index >= 15 is 0 Å². The number of likely N-dealkylation sites (tertiary alicyclic amines) is 1. The largest absolute Gasteiger partial charge is 0.444 e. The summed E-state index contributed by atoms with van der Waals surface area (Å²) >= 11 is 7.39. The number of halogens is 1. The third-order valence-electron chi connectivity index (χ3n) is 3.68. The Labute approximate surface area is 149 Å². The second kappa shape index (κ2) is 6.38. The van der Waals surface area contributed by atoms with Gasteiger partial charge in [-0.2, -0.15) is 0 Å². The van der Waals surface area contributed by atoms with E-state index in [1.807, 2.05) is 26.8 Å². The number of aliphatic hydroxyl groups is 1. The van der Waals surface area contributed by atoms with Gasteiger partial charge < -0.3 is 20.1 Å². The lowest BCUT2D eigenvalue weighted by atomic mass is 10.0. The Bertz CT molecular complexity index is 759. The molecular formula is C16H20ClN3O3S. The molecule has 0 spiro atoms. The van der Waals surface area contributed by atoms with E-state index in [4.69, 9.17) is 16.3 Å². The number of fused-ring (bicyclic) bond motifs is 1. The molecule has 2 N–H and O–H groups in total. The number of rotatable bonds is 3. The predicted octanol–water partition coefficient (Wildman–Crippen LogP) is 3.69. The van der Waals surface area contributed by atoms with Gasteiger partial charge in [-0.1, -0.05) is 22.9 Å². The number of aromatic nitrogens is 1. The molecule has 24 heavy (non-hydrogen) atoms. The van der Waals surface area contributed by atoms with Crippen molar-refractivity contribution in [1.82, 2.24) is 9.88 Å². The van der Waals surface area contributed by atoms with Gasteiger partial charge >= 0.3 is 6.09 Å². The minimum absolute atomic E-state index is 0.324. The molecule has 1 saturated heterocycles. The van der Waals surface area contributed by atoms with Crippen molar-refractivity contribution in [3.63, 3.8) is 0 Å². The SMILES string of the molecule is CC(C)(C)OC(=O)N1CC[C@H]1C(O)Nc1nc2cc(Cl)ccc2s1. The highest BCUT2D eigenvalue weighted by Gasteiger charge is 2.39. The third-order valence-corrected chi connectivity index (χ3v) is 4.88. The van der Waals surface area contributed by atoms with Crippen LogP contribution in [0.2, 0.25) is 5.02 Å². The molecule has 2 atom stereocenters. The van der Waals surface area contributed by atoms with Gasteiger partial charge in [-0.15, -0.1) is 0 Å². The lowest BCUT2D eigenvalue weighted by Crippen LogP contribution is -2.59. The quantitative estimate of drug-likeness (QED) is 0.807. The minimum Gasteiger partial charge on any atom is -0.444 e. The molecule has 1 aromatic heterocycles. The molecule has 2 aromatic rings. The summed E-state index contributed by atoms with van der Waals surface area (Å²) in [4.78, 5) is 18.1. The average molecular weight is 370 g/mol. The van der Waals surface area contributed by atoms with Crippen molar-refractivity contribution in [2.24, 2.45) is 0 Å². The number of hydrogen-bond donors (Lipinski definition) is 2. The standard InChI is InChI=1S/C16H20ClN3O3S/c1-16(2,3)23-15(22)20-7-6-11(20)13(21)19-14-18-10-8-9(17)4-5-12(10)24-14/h4-5,8,11,13,21H,6-7H2,1-3H3,(H,18,19)/t11-,13?/m0/s1. The maximum absolute atomic E-state index is 12.1. The third kappa shape index (κ3) is 3.74. The number of benzene rings is 1. The Kier molecular flexibility index (Phi) is 4.59. The van der Waals surface area contributed by atoms with Crippen LogP contribution < -0.4 is 5.32 Å². The molecule has 6 nitrogen and oxygen atoms in total. The van der Waals surface area contributed by atoms with E-state index in [2.05, 4.69) is 10.3 Å². The van der Waals surface area contributed by atoms with Gasteiger partial charge in [0.05, 0.1) is 16.3 Å². The fourth-order valence-electron chi connectivity index (χ4n) is 2.47. The molecule has 1 fully saturated rings. The summed E-state index contributed by atoms with van der Waals surface area (Å²) < 4.78 is 6.33. The van der Waals surface area contributed by atoms with E-state index < -0.39 is 17.9 Å². The molecule has 1 aromatic carbocycles. The summed E-state index contributed by atoms with van der Waals surface area (Å²) in [6, 6.07) is 5.15. The zero-order valence-corrected chi connectivity index (χ0v) is 15.3. The maximum Gasteiger partial charge on any atom is 0.410 e. The van der Waals surface area contributed by atoms with Crippen LogP contribution in [0.1, 0.15) is 27.2 Å². The fourth-order valence-corrected chi connectivity index (χ4v) is 3.51. The second-order valence-corrected chi connectivity index (χ2v) is 8.22. The number of aliphatic hydroxyl groups excluding tert-OH is 1. The predicted molar refractivity (Wildman–Crippen MR) is 95.6 cm³/mol. The van der Waals surface area contributed by atoms with Gasteiger partial charge in [-0.05, 0) is 45.4 Å². The summed E-state index contributed by atoms with van der Waals surface area (Å²) in [6.07, 6.45) is -0.595. The molecule has 8 heteroatoms. The highest BCUT2D eigenvalue weighted by molar-refractivity contribution is 7.22. The van der Waals surface area contributed by atoms with E-state index in [0.29, 0.717) is 23.1 Å². The van der Waals surface area contributed by atoms with Crippen molar-refractivity contribution in [3.05, 3.63) is 23.2 Å². The first kappa shape index (κ1) is 17.3. The Hall–Kier alpha value is -1.57. The Balaban J connectivity index is 1.65. The number of ether oxygens (including phenoxy) is 1. The summed E-state index contributed by atoms with van der Waals surface area (Å²) in [5.74, 6) is 0. The van der Waals surface area contributed by atoms with Crippen LogP contribution >= 0.6 is 22.9 Å². The van der Waals surface area contributed by atoms with Crippen molar-refractivity contribution < 1.29 is 14.6 Å². The van der Waals surface area contributed by atoms with Crippen LogP contribution in [0.15, 0.2) is 18.2 Å². The molecule has 1 aliphatic heterocycles. The van der Waals surface area contributed by atoms with E-state index in [0.717, 1.165) is 10.2 Å². The zero-order chi connectivity index (χ0) is 17.5. The maximum atomic E-state index is 12.1. The normalized spacial score (nSPS) is 19.0. The lowest BCUT2D eigenvalue weighted by molar-refractivity contribution is -0.0334. The smallest absolute Gasteiger partial charge is 0.410 e. The molecule has 130 valence electrons. The average Bonchev–Trinajstić information content (AvgIpc) is 2.75. The molecule has 2 heterocycles. The monoisotopic (exact) mass is 369 g/mol. The summed E-state index contributed by atoms with van der Waals surface area (Å²) in [5.41, 5.74) is 0.224. The number of carbonyl (C=O) groups excluding carboxylic acids is 1. The van der Waals surface area contributed by atoms with Crippen LogP contribution in [0.4, 0.5) is 9.93 Å². The molecule has 0 radical (unpaired) electrons. The van der Waals surface area contributed by atoms with Crippen LogP contribution in [0.3, 0.4) is 0 Å². The van der Waals surface area contributed by atoms with Gasteiger partial charge in [-0.3, -0.25) is 0 Å². The molecule has 1 amide bonds. The first-order valence-corrected chi connectivity index (χ1v) is 8.93. The van der Waals surface area contributed by atoms with Gasteiger partial charge in [0, 0.05) is 11.6 Å². The zero-order valence-electron chi connectivity index (χ0n) is 13.7. The van der Waals surface area contributed by atoms with Crippen molar-refractivity contribution in [2.45, 2.75) is 45.1 Å². The molecule has 1 unspecified atom stereocenters. The van der Waals surface area contributed by atoms with Gasteiger partial charge in [0.15, 0.2) is 5.13 Å². The van der Waals surface area contributed by atoms with Crippen molar-refractivity contribution in [2.75, 3.05) is 11.9 Å². The molecule has 0 bridgehead atoms. The molecule has 3 rings (SSSR count). The molecule has 0 saturated carbocycles. The van der Waals surface area contributed by atoms with E-state index in [-0.39, 0.29) is 6.04 Å². The minimum atomic E-state index is -0.901. The van der Waals surface area contributed by atoms with Gasteiger partial charge in [0.1, 0.15) is 11.8 Å². The topological polar surface area (TPSA) is 74.7 Å². The highest BCUT2D eigenvalue weighted by Crippen LogP contribution is 2.30. The van der Waals surface area contributed by atoms with Crippen molar-refractivity contribution >= 4 is 44.4 Å². The number of nitrogens with one attached hydrogen (secondary N) is 1. The number of thiazole rings is 1. The van der Waals surface area contributed by atoms with Gasteiger partial charge in [0.25, 0.3) is 0 Å². The lowest BCUT2D eigenvalue weighted by Gasteiger charge is -2.43. The fraction of sp³-hybridized carbons (Fsp3) is 0.500. The summed E-state index contributed by atoms with van der Waals surface area (Å²) in [5, 5.41) is 14.6. The Morgan fingerprint density at radius 3 is 2.92 bits per heavy atom. The second-order valence-electron chi connectivity index (χ2n) is 6.75. The van der Waals surface area contributed by atoms with E-state index in [1.165, 1.54) is 16.2 Å². The molecule has 0 aliphatic carbocycles. The van der Waals surface area contributed by atoms with Crippen LogP contribution in [0.25, 0.3) is 10.2 Å². The van der Waals surface area contributed by atoms with Crippen LogP contribution in [0, 0.1) is 0 Å². The highest BCUT2D eigenvalue weighted by atomic mass is 35.5. The molecule has 1 aliphatic rings. The van der Waals surface area contributed by atoms with E-state index in [9.17, 15) is 9.90 Å². The summed E-state index contributed by atoms with van der Waals surface area (Å²) in [7, 11) is 0. The number of amides is 1. The first-order chi connectivity index (χ1) is 11.2.